The third-order valence-corrected chi connectivity index (χ3v) is 5.27. The van der Waals surface area contributed by atoms with Crippen molar-refractivity contribution in [1.29, 1.82) is 0 Å². The smallest absolute Gasteiger partial charge is 0.415 e. The van der Waals surface area contributed by atoms with Crippen molar-refractivity contribution in [2.75, 3.05) is 24.6 Å². The van der Waals surface area contributed by atoms with E-state index in [0.717, 1.165) is 31.6 Å². The highest BCUT2D eigenvalue weighted by molar-refractivity contribution is 5.89. The fourth-order valence-electron chi connectivity index (χ4n) is 3.87. The van der Waals surface area contributed by atoms with Crippen LogP contribution in [0.25, 0.3) is 0 Å². The number of benzene rings is 1. The molecule has 0 radical (unpaired) electrons. The number of carbonyl (C=O) groups excluding carboxylic acids is 1. The van der Waals surface area contributed by atoms with Gasteiger partial charge in [-0.1, -0.05) is 36.4 Å². The van der Waals surface area contributed by atoms with Gasteiger partial charge in [-0.2, -0.15) is 0 Å². The van der Waals surface area contributed by atoms with Gasteiger partial charge in [0.1, 0.15) is 12.4 Å². The Labute approximate surface area is 154 Å². The van der Waals surface area contributed by atoms with Crippen molar-refractivity contribution in [3.05, 3.63) is 59.8 Å². The van der Waals surface area contributed by atoms with Gasteiger partial charge in [0.15, 0.2) is 0 Å². The van der Waals surface area contributed by atoms with Crippen LogP contribution in [0.2, 0.25) is 0 Å². The number of nitrogens with one attached hydrogen (secondary N) is 1. The van der Waals surface area contributed by atoms with Crippen molar-refractivity contribution in [2.45, 2.75) is 31.7 Å². The van der Waals surface area contributed by atoms with E-state index in [-0.39, 0.29) is 12.1 Å². The number of amides is 1. The van der Waals surface area contributed by atoms with Gasteiger partial charge in [-0.05, 0) is 62.4 Å². The fraction of sp³-hybridized carbons (Fsp3) is 0.429. The van der Waals surface area contributed by atoms with E-state index < -0.39 is 0 Å². The molecule has 0 unspecified atom stereocenters. The zero-order chi connectivity index (χ0) is 17.8. The highest BCUT2D eigenvalue weighted by Crippen LogP contribution is 2.25. The zero-order valence-corrected chi connectivity index (χ0v) is 14.9. The number of piperidine rings is 1. The van der Waals surface area contributed by atoms with Crippen LogP contribution in [0.1, 0.15) is 24.1 Å². The second kappa shape index (κ2) is 7.87. The van der Waals surface area contributed by atoms with Crippen LogP contribution in [0, 0.1) is 5.92 Å². The second-order valence-electron chi connectivity index (χ2n) is 7.18. The van der Waals surface area contributed by atoms with Gasteiger partial charge in [0.2, 0.25) is 0 Å². The SMILES string of the molecule is O=C1OC[C@H](Cc2ccccc2)N1c1cccc(CC2CCNCC2)n1. The number of rotatable bonds is 5. The number of carbonyl (C=O) groups is 1. The molecule has 1 aromatic heterocycles. The number of hydrogen-bond donors (Lipinski definition) is 1. The molecule has 1 aromatic carbocycles. The fourth-order valence-corrected chi connectivity index (χ4v) is 3.87. The molecule has 26 heavy (non-hydrogen) atoms. The molecule has 3 heterocycles. The van der Waals surface area contributed by atoms with Crippen molar-refractivity contribution in [1.82, 2.24) is 10.3 Å². The van der Waals surface area contributed by atoms with Crippen LogP contribution in [0.3, 0.4) is 0 Å². The summed E-state index contributed by atoms with van der Waals surface area (Å²) in [6, 6.07) is 16.2. The Morgan fingerprint density at radius 3 is 2.65 bits per heavy atom. The Kier molecular flexibility index (Phi) is 5.16. The summed E-state index contributed by atoms with van der Waals surface area (Å²) in [5, 5.41) is 3.40. The topological polar surface area (TPSA) is 54.5 Å². The van der Waals surface area contributed by atoms with E-state index in [1.54, 1.807) is 4.90 Å². The van der Waals surface area contributed by atoms with E-state index in [1.807, 2.05) is 30.3 Å². The van der Waals surface area contributed by atoms with E-state index in [0.29, 0.717) is 18.3 Å². The lowest BCUT2D eigenvalue weighted by atomic mass is 9.93. The van der Waals surface area contributed by atoms with Crippen LogP contribution in [0.4, 0.5) is 10.6 Å². The van der Waals surface area contributed by atoms with Gasteiger partial charge in [0.05, 0.1) is 6.04 Å². The van der Waals surface area contributed by atoms with Crippen molar-refractivity contribution >= 4 is 11.9 Å². The van der Waals surface area contributed by atoms with Crippen LogP contribution in [-0.2, 0) is 17.6 Å². The number of cyclic esters (lactones) is 1. The molecular formula is C21H25N3O2. The number of nitrogens with zero attached hydrogens (tertiary/aromatic N) is 2. The molecule has 0 aliphatic carbocycles. The minimum absolute atomic E-state index is 0.00784. The number of pyridine rings is 1. The van der Waals surface area contributed by atoms with E-state index in [9.17, 15) is 4.79 Å². The molecule has 2 fully saturated rings. The van der Waals surface area contributed by atoms with Gasteiger partial charge in [0, 0.05) is 5.69 Å². The average Bonchev–Trinajstić information content (AvgIpc) is 3.04. The largest absolute Gasteiger partial charge is 0.447 e. The molecule has 136 valence electrons. The van der Waals surface area contributed by atoms with Gasteiger partial charge in [-0.25, -0.2) is 9.78 Å². The Bertz CT molecular complexity index is 744. The highest BCUT2D eigenvalue weighted by Gasteiger charge is 2.35. The molecule has 2 aliphatic rings. The Morgan fingerprint density at radius 2 is 1.85 bits per heavy atom. The quantitative estimate of drug-likeness (QED) is 0.899. The maximum atomic E-state index is 12.3. The normalized spacial score (nSPS) is 21.0. The van der Waals surface area contributed by atoms with Crippen molar-refractivity contribution in [2.24, 2.45) is 5.92 Å². The lowest BCUT2D eigenvalue weighted by molar-refractivity contribution is 0.178. The predicted molar refractivity (Wildman–Crippen MR) is 101 cm³/mol. The molecule has 2 saturated heterocycles. The summed E-state index contributed by atoms with van der Waals surface area (Å²) in [6.45, 7) is 2.58. The summed E-state index contributed by atoms with van der Waals surface area (Å²) in [5.74, 6) is 1.38. The first-order valence-electron chi connectivity index (χ1n) is 9.46. The molecule has 5 nitrogen and oxygen atoms in total. The van der Waals surface area contributed by atoms with Crippen molar-refractivity contribution in [3.8, 4) is 0 Å². The van der Waals surface area contributed by atoms with E-state index in [2.05, 4.69) is 23.5 Å². The van der Waals surface area contributed by atoms with E-state index >= 15 is 0 Å². The summed E-state index contributed by atoms with van der Waals surface area (Å²) < 4.78 is 5.33. The first-order chi connectivity index (χ1) is 12.8. The maximum Gasteiger partial charge on any atom is 0.415 e. The van der Waals surface area contributed by atoms with Crippen LogP contribution in [-0.4, -0.2) is 36.8 Å². The number of anilines is 1. The molecule has 5 heteroatoms. The van der Waals surface area contributed by atoms with Crippen molar-refractivity contribution in [3.63, 3.8) is 0 Å². The number of hydrogen-bond acceptors (Lipinski definition) is 4. The molecular weight excluding hydrogens is 326 g/mol. The average molecular weight is 351 g/mol. The molecule has 1 amide bonds. The van der Waals surface area contributed by atoms with Crippen molar-refractivity contribution < 1.29 is 9.53 Å². The van der Waals surface area contributed by atoms with Gasteiger partial charge in [-0.3, -0.25) is 4.90 Å². The van der Waals surface area contributed by atoms with Gasteiger partial charge >= 0.3 is 6.09 Å². The molecule has 0 bridgehead atoms. The molecule has 2 aromatic rings. The molecule has 1 atom stereocenters. The summed E-state index contributed by atoms with van der Waals surface area (Å²) in [4.78, 5) is 18.8. The number of ether oxygens (including phenoxy) is 1. The van der Waals surface area contributed by atoms with Gasteiger partial charge in [-0.15, -0.1) is 0 Å². The van der Waals surface area contributed by atoms with E-state index in [4.69, 9.17) is 9.72 Å². The first kappa shape index (κ1) is 17.0. The second-order valence-corrected chi connectivity index (χ2v) is 7.18. The van der Waals surface area contributed by atoms with Crippen LogP contribution in [0.5, 0.6) is 0 Å². The lowest BCUT2D eigenvalue weighted by Gasteiger charge is -2.24. The molecule has 4 rings (SSSR count). The van der Waals surface area contributed by atoms with E-state index in [1.165, 1.54) is 18.4 Å². The van der Waals surface area contributed by atoms with Crippen LogP contribution in [0.15, 0.2) is 48.5 Å². The minimum Gasteiger partial charge on any atom is -0.447 e. The third kappa shape index (κ3) is 3.88. The molecule has 1 N–H and O–H groups in total. The Hall–Kier alpha value is -2.40. The Morgan fingerprint density at radius 1 is 1.04 bits per heavy atom. The molecule has 2 aliphatic heterocycles. The zero-order valence-electron chi connectivity index (χ0n) is 14.9. The first-order valence-corrected chi connectivity index (χ1v) is 9.46. The monoisotopic (exact) mass is 351 g/mol. The third-order valence-electron chi connectivity index (χ3n) is 5.27. The van der Waals surface area contributed by atoms with Crippen LogP contribution < -0.4 is 10.2 Å². The summed E-state index contributed by atoms with van der Waals surface area (Å²) in [6.07, 6.45) is 3.83. The number of aromatic nitrogens is 1. The summed E-state index contributed by atoms with van der Waals surface area (Å²) in [7, 11) is 0. The maximum absolute atomic E-state index is 12.3. The highest BCUT2D eigenvalue weighted by atomic mass is 16.6. The summed E-state index contributed by atoms with van der Waals surface area (Å²) in [5.41, 5.74) is 2.26. The predicted octanol–water partition coefficient (Wildman–Crippen LogP) is 3.19. The Balaban J connectivity index is 1.50. The molecule has 0 saturated carbocycles. The minimum atomic E-state index is -0.294. The molecule has 0 spiro atoms. The van der Waals surface area contributed by atoms with Gasteiger partial charge < -0.3 is 10.1 Å². The van der Waals surface area contributed by atoms with Gasteiger partial charge in [0.25, 0.3) is 0 Å². The lowest BCUT2D eigenvalue weighted by Crippen LogP contribution is -2.36. The summed E-state index contributed by atoms with van der Waals surface area (Å²) >= 11 is 0. The standard InChI is InChI=1S/C21H25N3O2/c25-21-24(19(15-26-21)14-16-5-2-1-3-6-16)20-8-4-7-18(23-20)13-17-9-11-22-12-10-17/h1-8,17,19,22H,9-15H2/t19-/m0/s1. The van der Waals surface area contributed by atoms with Crippen LogP contribution >= 0.6 is 0 Å².